The fourth-order valence-corrected chi connectivity index (χ4v) is 3.31. The van der Waals surface area contributed by atoms with Crippen LogP contribution in [-0.4, -0.2) is 53.9 Å². The lowest BCUT2D eigenvalue weighted by molar-refractivity contribution is 0.0660. The van der Waals surface area contributed by atoms with Gasteiger partial charge in [0.2, 0.25) is 0 Å². The first-order chi connectivity index (χ1) is 10.7. The summed E-state index contributed by atoms with van der Waals surface area (Å²) in [4.78, 5) is 22.4. The molecule has 0 spiro atoms. The lowest BCUT2D eigenvalue weighted by atomic mass is 10.2. The molecule has 4 nitrogen and oxygen atoms in total. The summed E-state index contributed by atoms with van der Waals surface area (Å²) < 4.78 is 0. The van der Waals surface area contributed by atoms with Gasteiger partial charge in [0.1, 0.15) is 5.03 Å². The van der Waals surface area contributed by atoms with Crippen LogP contribution in [0.15, 0.2) is 58.6 Å². The van der Waals surface area contributed by atoms with Gasteiger partial charge in [-0.25, -0.2) is 4.98 Å². The number of aromatic nitrogens is 1. The number of carbonyl (C=O) groups excluding carboxylic acids is 1. The van der Waals surface area contributed by atoms with E-state index in [0.717, 1.165) is 36.1 Å². The number of hydrogen-bond donors (Lipinski definition) is 0. The van der Waals surface area contributed by atoms with Crippen molar-refractivity contribution in [2.24, 2.45) is 0 Å². The van der Waals surface area contributed by atoms with Crippen LogP contribution < -0.4 is 0 Å². The van der Waals surface area contributed by atoms with E-state index in [2.05, 4.69) is 16.9 Å². The van der Waals surface area contributed by atoms with Crippen molar-refractivity contribution >= 4 is 17.7 Å². The van der Waals surface area contributed by atoms with Crippen LogP contribution >= 0.6 is 11.8 Å². The summed E-state index contributed by atoms with van der Waals surface area (Å²) in [7, 11) is 2.09. The minimum absolute atomic E-state index is 0.0830. The van der Waals surface area contributed by atoms with E-state index >= 15 is 0 Å². The second kappa shape index (κ2) is 6.94. The van der Waals surface area contributed by atoms with Gasteiger partial charge in [-0.05, 0) is 31.3 Å². The summed E-state index contributed by atoms with van der Waals surface area (Å²) in [6, 6.07) is 13.7. The van der Waals surface area contributed by atoms with Gasteiger partial charge in [0.15, 0.2) is 0 Å². The number of pyridine rings is 1. The molecule has 0 saturated carbocycles. The molecule has 0 unspecified atom stereocenters. The molecule has 1 aromatic carbocycles. The second-order valence-electron chi connectivity index (χ2n) is 5.37. The van der Waals surface area contributed by atoms with Crippen molar-refractivity contribution in [1.82, 2.24) is 14.8 Å². The van der Waals surface area contributed by atoms with Gasteiger partial charge in [0.05, 0.1) is 5.56 Å². The molecule has 1 saturated heterocycles. The first-order valence-electron chi connectivity index (χ1n) is 7.40. The number of likely N-dealkylation sites (N-methyl/N-ethyl adjacent to an activating group) is 1. The third-order valence-electron chi connectivity index (χ3n) is 3.75. The second-order valence-corrected chi connectivity index (χ2v) is 6.43. The summed E-state index contributed by atoms with van der Waals surface area (Å²) in [6.07, 6.45) is 1.74. The summed E-state index contributed by atoms with van der Waals surface area (Å²) >= 11 is 1.54. The van der Waals surface area contributed by atoms with Crippen molar-refractivity contribution < 1.29 is 4.79 Å². The molecule has 1 amide bonds. The van der Waals surface area contributed by atoms with Gasteiger partial charge in [-0.15, -0.1) is 0 Å². The van der Waals surface area contributed by atoms with E-state index in [1.54, 1.807) is 6.20 Å². The molecule has 22 heavy (non-hydrogen) atoms. The number of nitrogens with zero attached hydrogens (tertiary/aromatic N) is 3. The summed E-state index contributed by atoms with van der Waals surface area (Å²) in [6.45, 7) is 3.40. The topological polar surface area (TPSA) is 36.4 Å². The summed E-state index contributed by atoms with van der Waals surface area (Å²) in [5, 5.41) is 0.776. The van der Waals surface area contributed by atoms with Gasteiger partial charge in [0.25, 0.3) is 5.91 Å². The third-order valence-corrected chi connectivity index (χ3v) is 4.78. The maximum absolute atomic E-state index is 12.8. The van der Waals surface area contributed by atoms with Crippen LogP contribution in [-0.2, 0) is 0 Å². The Morgan fingerprint density at radius 3 is 2.50 bits per heavy atom. The van der Waals surface area contributed by atoms with E-state index in [1.807, 2.05) is 47.4 Å². The molecule has 1 aromatic heterocycles. The molecule has 5 heteroatoms. The molecule has 0 N–H and O–H groups in total. The van der Waals surface area contributed by atoms with Gasteiger partial charge in [-0.1, -0.05) is 30.0 Å². The highest BCUT2D eigenvalue weighted by Gasteiger charge is 2.23. The Labute approximate surface area is 135 Å². The molecule has 0 radical (unpaired) electrons. The largest absolute Gasteiger partial charge is 0.336 e. The van der Waals surface area contributed by atoms with Gasteiger partial charge >= 0.3 is 0 Å². The quantitative estimate of drug-likeness (QED) is 0.873. The highest BCUT2D eigenvalue weighted by molar-refractivity contribution is 7.99. The minimum Gasteiger partial charge on any atom is -0.336 e. The normalized spacial score (nSPS) is 15.8. The molecule has 2 aromatic rings. The van der Waals surface area contributed by atoms with Gasteiger partial charge in [-0.3, -0.25) is 4.79 Å². The number of hydrogen-bond acceptors (Lipinski definition) is 4. The number of piperazine rings is 1. The van der Waals surface area contributed by atoms with E-state index in [-0.39, 0.29) is 5.91 Å². The van der Waals surface area contributed by atoms with Crippen LogP contribution in [0.2, 0.25) is 0 Å². The molecule has 1 fully saturated rings. The maximum atomic E-state index is 12.8. The van der Waals surface area contributed by atoms with Crippen molar-refractivity contribution in [3.05, 3.63) is 54.2 Å². The van der Waals surface area contributed by atoms with Gasteiger partial charge in [-0.2, -0.15) is 0 Å². The van der Waals surface area contributed by atoms with Crippen molar-refractivity contribution in [3.63, 3.8) is 0 Å². The highest BCUT2D eigenvalue weighted by atomic mass is 32.2. The molecular weight excluding hydrogens is 294 g/mol. The van der Waals surface area contributed by atoms with Crippen LogP contribution in [0.5, 0.6) is 0 Å². The Morgan fingerprint density at radius 1 is 1.05 bits per heavy atom. The fourth-order valence-electron chi connectivity index (χ4n) is 2.41. The van der Waals surface area contributed by atoms with E-state index in [0.29, 0.717) is 5.56 Å². The Hall–Kier alpha value is -1.85. The maximum Gasteiger partial charge on any atom is 0.256 e. The van der Waals surface area contributed by atoms with Crippen molar-refractivity contribution in [3.8, 4) is 0 Å². The predicted octanol–water partition coefficient (Wildman–Crippen LogP) is 2.62. The Morgan fingerprint density at radius 2 is 1.77 bits per heavy atom. The number of carbonyl (C=O) groups is 1. The Balaban J connectivity index is 1.80. The Bertz CT molecular complexity index is 639. The molecule has 2 heterocycles. The number of benzene rings is 1. The Kier molecular flexibility index (Phi) is 4.75. The molecule has 0 bridgehead atoms. The van der Waals surface area contributed by atoms with E-state index in [1.165, 1.54) is 11.8 Å². The average Bonchev–Trinajstić information content (AvgIpc) is 2.56. The minimum atomic E-state index is 0.0830. The van der Waals surface area contributed by atoms with Crippen molar-refractivity contribution in [2.75, 3.05) is 33.2 Å². The zero-order valence-corrected chi connectivity index (χ0v) is 13.4. The first kappa shape index (κ1) is 15.1. The van der Waals surface area contributed by atoms with Crippen molar-refractivity contribution in [1.29, 1.82) is 0 Å². The molecule has 114 valence electrons. The number of rotatable bonds is 3. The predicted molar refractivity (Wildman–Crippen MR) is 88.2 cm³/mol. The van der Waals surface area contributed by atoms with Crippen LogP contribution in [0, 0.1) is 0 Å². The third kappa shape index (κ3) is 3.48. The SMILES string of the molecule is CN1CCN(C(=O)c2cccnc2Sc2ccccc2)CC1. The fraction of sp³-hybridized carbons (Fsp3) is 0.294. The summed E-state index contributed by atoms with van der Waals surface area (Å²) in [5.74, 6) is 0.0830. The van der Waals surface area contributed by atoms with Crippen molar-refractivity contribution in [2.45, 2.75) is 9.92 Å². The molecule has 3 rings (SSSR count). The van der Waals surface area contributed by atoms with E-state index in [9.17, 15) is 4.79 Å². The zero-order valence-electron chi connectivity index (χ0n) is 12.6. The number of amides is 1. The highest BCUT2D eigenvalue weighted by Crippen LogP contribution is 2.29. The smallest absolute Gasteiger partial charge is 0.256 e. The van der Waals surface area contributed by atoms with Gasteiger partial charge in [0, 0.05) is 37.3 Å². The molecule has 1 aliphatic rings. The lowest BCUT2D eigenvalue weighted by Gasteiger charge is -2.32. The van der Waals surface area contributed by atoms with Crippen LogP contribution in [0.1, 0.15) is 10.4 Å². The lowest BCUT2D eigenvalue weighted by Crippen LogP contribution is -2.47. The molecule has 1 aliphatic heterocycles. The van der Waals surface area contributed by atoms with E-state index in [4.69, 9.17) is 0 Å². The molecular formula is C17H19N3OS. The first-order valence-corrected chi connectivity index (χ1v) is 8.21. The van der Waals surface area contributed by atoms with Gasteiger partial charge < -0.3 is 9.80 Å². The molecule has 0 atom stereocenters. The van der Waals surface area contributed by atoms with E-state index < -0.39 is 0 Å². The monoisotopic (exact) mass is 313 g/mol. The van der Waals surface area contributed by atoms with Crippen LogP contribution in [0.3, 0.4) is 0 Å². The average molecular weight is 313 g/mol. The standard InChI is InChI=1S/C17H19N3OS/c1-19-10-12-20(13-11-19)17(21)15-8-5-9-18-16(15)22-14-6-3-2-4-7-14/h2-9H,10-13H2,1H3. The summed E-state index contributed by atoms with van der Waals surface area (Å²) in [5.41, 5.74) is 0.695. The molecule has 0 aliphatic carbocycles. The zero-order chi connectivity index (χ0) is 15.4. The van der Waals surface area contributed by atoms with Crippen LogP contribution in [0.4, 0.5) is 0 Å². The van der Waals surface area contributed by atoms with Crippen LogP contribution in [0.25, 0.3) is 0 Å².